The first-order valence-electron chi connectivity index (χ1n) is 6.81. The Morgan fingerprint density at radius 1 is 1.26 bits per heavy atom. The van der Waals surface area contributed by atoms with Crippen LogP contribution in [0.15, 0.2) is 18.2 Å². The van der Waals surface area contributed by atoms with E-state index in [1.165, 1.54) is 6.42 Å². The van der Waals surface area contributed by atoms with Crippen molar-refractivity contribution in [1.29, 1.82) is 0 Å². The van der Waals surface area contributed by atoms with Gasteiger partial charge in [-0.05, 0) is 44.5 Å². The molecule has 1 saturated heterocycles. The molecule has 0 bridgehead atoms. The van der Waals surface area contributed by atoms with Gasteiger partial charge >= 0.3 is 0 Å². The highest BCUT2D eigenvalue weighted by Gasteiger charge is 2.27. The third kappa shape index (κ3) is 3.19. The van der Waals surface area contributed by atoms with Crippen LogP contribution in [0.2, 0.25) is 0 Å². The topological polar surface area (TPSA) is 39.7 Å². The number of ether oxygens (including phenoxy) is 3. The van der Waals surface area contributed by atoms with Crippen molar-refractivity contribution in [2.45, 2.75) is 31.4 Å². The van der Waals surface area contributed by atoms with Gasteiger partial charge in [0.25, 0.3) is 0 Å². The van der Waals surface area contributed by atoms with Crippen LogP contribution in [-0.4, -0.2) is 34.0 Å². The summed E-state index contributed by atoms with van der Waals surface area (Å²) in [5.74, 6) is 1.71. The molecular weight excluding hydrogens is 242 g/mol. The van der Waals surface area contributed by atoms with Crippen molar-refractivity contribution >= 4 is 0 Å². The molecule has 2 atom stereocenters. The van der Waals surface area contributed by atoms with Gasteiger partial charge in [-0.25, -0.2) is 0 Å². The summed E-state index contributed by atoms with van der Waals surface area (Å²) >= 11 is 0. The van der Waals surface area contributed by atoms with E-state index in [2.05, 4.69) is 5.32 Å². The lowest BCUT2D eigenvalue weighted by atomic mass is 9.95. The SMILES string of the molecule is CNC(c1cc(OC)ccc1OC)C1CCCCO1. The normalized spacial score (nSPS) is 20.9. The van der Waals surface area contributed by atoms with Crippen molar-refractivity contribution in [2.75, 3.05) is 27.9 Å². The summed E-state index contributed by atoms with van der Waals surface area (Å²) < 4.78 is 16.7. The van der Waals surface area contributed by atoms with Gasteiger partial charge in [-0.15, -0.1) is 0 Å². The number of benzene rings is 1. The lowest BCUT2D eigenvalue weighted by Crippen LogP contribution is -2.34. The molecular formula is C15H23NO3. The minimum absolute atomic E-state index is 0.130. The largest absolute Gasteiger partial charge is 0.497 e. The van der Waals surface area contributed by atoms with Crippen molar-refractivity contribution in [2.24, 2.45) is 0 Å². The summed E-state index contributed by atoms with van der Waals surface area (Å²) in [6.45, 7) is 0.842. The fourth-order valence-electron chi connectivity index (χ4n) is 2.65. The smallest absolute Gasteiger partial charge is 0.124 e. The molecule has 19 heavy (non-hydrogen) atoms. The Morgan fingerprint density at radius 3 is 2.68 bits per heavy atom. The zero-order valence-corrected chi connectivity index (χ0v) is 11.9. The highest BCUT2D eigenvalue weighted by Crippen LogP contribution is 2.34. The first kappa shape index (κ1) is 14.2. The van der Waals surface area contributed by atoms with Crippen LogP contribution in [0.25, 0.3) is 0 Å². The maximum absolute atomic E-state index is 5.90. The number of likely N-dealkylation sites (N-methyl/N-ethyl adjacent to an activating group) is 1. The lowest BCUT2D eigenvalue weighted by Gasteiger charge is -2.31. The molecule has 106 valence electrons. The molecule has 1 N–H and O–H groups in total. The lowest BCUT2D eigenvalue weighted by molar-refractivity contribution is -0.00708. The molecule has 0 spiro atoms. The van der Waals surface area contributed by atoms with Crippen LogP contribution >= 0.6 is 0 Å². The predicted octanol–water partition coefficient (Wildman–Crippen LogP) is 2.53. The Morgan fingerprint density at radius 2 is 2.11 bits per heavy atom. The molecule has 1 aromatic rings. The molecule has 2 unspecified atom stereocenters. The Kier molecular flexibility index (Phi) is 5.05. The van der Waals surface area contributed by atoms with Crippen LogP contribution < -0.4 is 14.8 Å². The quantitative estimate of drug-likeness (QED) is 0.888. The summed E-state index contributed by atoms with van der Waals surface area (Å²) in [4.78, 5) is 0. The van der Waals surface area contributed by atoms with Crippen LogP contribution in [0.4, 0.5) is 0 Å². The molecule has 1 aromatic carbocycles. The summed E-state index contributed by atoms with van der Waals surface area (Å²) in [6.07, 6.45) is 3.64. The molecule has 4 nitrogen and oxygen atoms in total. The molecule has 1 fully saturated rings. The van der Waals surface area contributed by atoms with Gasteiger partial charge in [-0.3, -0.25) is 0 Å². The Balaban J connectivity index is 2.29. The first-order valence-corrected chi connectivity index (χ1v) is 6.81. The van der Waals surface area contributed by atoms with Gasteiger partial charge in [0.2, 0.25) is 0 Å². The summed E-state index contributed by atoms with van der Waals surface area (Å²) in [7, 11) is 5.33. The number of nitrogens with one attached hydrogen (secondary N) is 1. The average molecular weight is 265 g/mol. The van der Waals surface area contributed by atoms with Crippen LogP contribution in [0.5, 0.6) is 11.5 Å². The molecule has 4 heteroatoms. The van der Waals surface area contributed by atoms with Crippen LogP contribution in [0.3, 0.4) is 0 Å². The van der Waals surface area contributed by atoms with E-state index in [9.17, 15) is 0 Å². The molecule has 0 amide bonds. The van der Waals surface area contributed by atoms with Crippen molar-refractivity contribution in [3.05, 3.63) is 23.8 Å². The van der Waals surface area contributed by atoms with Crippen molar-refractivity contribution < 1.29 is 14.2 Å². The second-order valence-electron chi connectivity index (χ2n) is 4.78. The molecule has 0 saturated carbocycles. The van der Waals surface area contributed by atoms with Gasteiger partial charge in [0.05, 0.1) is 26.4 Å². The van der Waals surface area contributed by atoms with Gasteiger partial charge in [-0.2, -0.15) is 0 Å². The molecule has 1 aliphatic rings. The molecule has 2 rings (SSSR count). The zero-order chi connectivity index (χ0) is 13.7. The maximum atomic E-state index is 5.90. The Hall–Kier alpha value is -1.26. The molecule has 0 aliphatic carbocycles. The number of hydrogen-bond acceptors (Lipinski definition) is 4. The van der Waals surface area contributed by atoms with E-state index in [4.69, 9.17) is 14.2 Å². The highest BCUT2D eigenvalue weighted by molar-refractivity contribution is 5.42. The fraction of sp³-hybridized carbons (Fsp3) is 0.600. The standard InChI is InChI=1S/C15H23NO3/c1-16-15(14-6-4-5-9-19-14)12-10-11(17-2)7-8-13(12)18-3/h7-8,10,14-16H,4-6,9H2,1-3H3. The minimum Gasteiger partial charge on any atom is -0.497 e. The van der Waals surface area contributed by atoms with Gasteiger partial charge in [0, 0.05) is 12.2 Å². The van der Waals surface area contributed by atoms with Crippen molar-refractivity contribution in [3.8, 4) is 11.5 Å². The Labute approximate surface area is 115 Å². The molecule has 1 heterocycles. The summed E-state index contributed by atoms with van der Waals surface area (Å²) in [5.41, 5.74) is 1.09. The van der Waals surface area contributed by atoms with Gasteiger partial charge in [0.1, 0.15) is 11.5 Å². The third-order valence-electron chi connectivity index (χ3n) is 3.67. The highest BCUT2D eigenvalue weighted by atomic mass is 16.5. The third-order valence-corrected chi connectivity index (χ3v) is 3.67. The maximum Gasteiger partial charge on any atom is 0.124 e. The van der Waals surface area contributed by atoms with Gasteiger partial charge in [-0.1, -0.05) is 0 Å². The van der Waals surface area contributed by atoms with Crippen LogP contribution in [-0.2, 0) is 4.74 Å². The van der Waals surface area contributed by atoms with E-state index < -0.39 is 0 Å². The van der Waals surface area contributed by atoms with E-state index in [1.54, 1.807) is 14.2 Å². The molecule has 0 aromatic heterocycles. The fourth-order valence-corrected chi connectivity index (χ4v) is 2.65. The van der Waals surface area contributed by atoms with Gasteiger partial charge < -0.3 is 19.5 Å². The van der Waals surface area contributed by atoms with Crippen molar-refractivity contribution in [1.82, 2.24) is 5.32 Å². The average Bonchev–Trinajstić information content (AvgIpc) is 2.49. The van der Waals surface area contributed by atoms with E-state index in [-0.39, 0.29) is 12.1 Å². The van der Waals surface area contributed by atoms with E-state index in [0.717, 1.165) is 36.5 Å². The molecule has 1 aliphatic heterocycles. The van der Waals surface area contributed by atoms with Gasteiger partial charge in [0.15, 0.2) is 0 Å². The second kappa shape index (κ2) is 6.78. The van der Waals surface area contributed by atoms with Crippen LogP contribution in [0, 0.1) is 0 Å². The number of hydrogen-bond donors (Lipinski definition) is 1. The minimum atomic E-state index is 0.130. The summed E-state index contributed by atoms with van der Waals surface area (Å²) in [5, 5.41) is 3.35. The van der Waals surface area contributed by atoms with E-state index in [1.807, 2.05) is 25.2 Å². The number of methoxy groups -OCH3 is 2. The van der Waals surface area contributed by atoms with Crippen LogP contribution in [0.1, 0.15) is 30.9 Å². The monoisotopic (exact) mass is 265 g/mol. The van der Waals surface area contributed by atoms with E-state index in [0.29, 0.717) is 0 Å². The number of rotatable bonds is 5. The van der Waals surface area contributed by atoms with Crippen molar-refractivity contribution in [3.63, 3.8) is 0 Å². The molecule has 0 radical (unpaired) electrons. The zero-order valence-electron chi connectivity index (χ0n) is 11.9. The first-order chi connectivity index (χ1) is 9.30. The predicted molar refractivity (Wildman–Crippen MR) is 74.9 cm³/mol. The Bertz CT molecular complexity index is 402. The summed E-state index contributed by atoms with van der Waals surface area (Å²) in [6, 6.07) is 6.01. The van der Waals surface area contributed by atoms with E-state index >= 15 is 0 Å². The second-order valence-corrected chi connectivity index (χ2v) is 4.78.